The van der Waals surface area contributed by atoms with Gasteiger partial charge in [-0.05, 0) is 55.0 Å². The lowest BCUT2D eigenvalue weighted by molar-refractivity contribution is 0.346. The smallest absolute Gasteiger partial charge is 0.128 e. The number of hydrogen-bond acceptors (Lipinski definition) is 2. The molecule has 0 fully saturated rings. The van der Waals surface area contributed by atoms with Crippen LogP contribution in [0.1, 0.15) is 23.6 Å². The van der Waals surface area contributed by atoms with Crippen LogP contribution in [0, 0.1) is 13.8 Å². The first kappa shape index (κ1) is 11.3. The largest absolute Gasteiger partial charge is 0.489 e. The van der Waals surface area contributed by atoms with Gasteiger partial charge in [0.1, 0.15) is 12.4 Å². The van der Waals surface area contributed by atoms with Crippen LogP contribution in [0.3, 0.4) is 0 Å². The van der Waals surface area contributed by atoms with E-state index in [1.165, 1.54) is 27.2 Å². The van der Waals surface area contributed by atoms with Gasteiger partial charge >= 0.3 is 0 Å². The van der Waals surface area contributed by atoms with Crippen LogP contribution in [-0.2, 0) is 0 Å². The van der Waals surface area contributed by atoms with Crippen molar-refractivity contribution in [2.75, 3.05) is 6.61 Å². The molecule has 2 rings (SSSR count). The highest BCUT2D eigenvalue weighted by atomic mass is 32.2. The van der Waals surface area contributed by atoms with Gasteiger partial charge in [-0.1, -0.05) is 18.3 Å². The molecule has 1 nitrogen and oxygen atoms in total. The molecule has 0 amide bonds. The van der Waals surface area contributed by atoms with E-state index >= 15 is 0 Å². The fourth-order valence-electron chi connectivity index (χ4n) is 1.82. The fourth-order valence-corrected chi connectivity index (χ4v) is 2.53. The van der Waals surface area contributed by atoms with Gasteiger partial charge in [0.05, 0.1) is 0 Å². The highest BCUT2D eigenvalue weighted by Gasteiger charge is 2.18. The fraction of sp³-hybridized carbons (Fsp3) is 0.286. The summed E-state index contributed by atoms with van der Waals surface area (Å²) in [5.41, 5.74) is 5.07. The lowest BCUT2D eigenvalue weighted by atomic mass is 10.0. The summed E-state index contributed by atoms with van der Waals surface area (Å²) >= 11 is 1.68. The first-order chi connectivity index (χ1) is 7.63. The maximum absolute atomic E-state index is 5.74. The molecule has 1 aromatic rings. The van der Waals surface area contributed by atoms with Crippen molar-refractivity contribution in [3.63, 3.8) is 0 Å². The Hall–Kier alpha value is -1.15. The van der Waals surface area contributed by atoms with Crippen LogP contribution in [0.5, 0.6) is 5.75 Å². The molecule has 2 heteroatoms. The van der Waals surface area contributed by atoms with Crippen molar-refractivity contribution in [1.29, 1.82) is 0 Å². The lowest BCUT2D eigenvalue weighted by Gasteiger charge is -2.22. The molecule has 1 aliphatic heterocycles. The zero-order valence-electron chi connectivity index (χ0n) is 9.96. The van der Waals surface area contributed by atoms with E-state index in [4.69, 9.17) is 4.74 Å². The second-order valence-electron chi connectivity index (χ2n) is 4.12. The monoisotopic (exact) mass is 232 g/mol. The average molecular weight is 232 g/mol. The highest BCUT2D eigenvalue weighted by Crippen LogP contribution is 2.41. The molecule has 0 aliphatic carbocycles. The number of fused-ring (bicyclic) bond motifs is 1. The normalized spacial score (nSPS) is 14.4. The summed E-state index contributed by atoms with van der Waals surface area (Å²) < 4.78 is 5.74. The molecule has 1 aliphatic rings. The summed E-state index contributed by atoms with van der Waals surface area (Å²) in [7, 11) is 0. The van der Waals surface area contributed by atoms with Crippen LogP contribution in [0.2, 0.25) is 0 Å². The summed E-state index contributed by atoms with van der Waals surface area (Å²) in [6.45, 7) is 10.8. The summed E-state index contributed by atoms with van der Waals surface area (Å²) in [5, 5.41) is 1.88. The Morgan fingerprint density at radius 2 is 1.94 bits per heavy atom. The number of hydrogen-bond donors (Lipinski definition) is 0. The minimum atomic E-state index is 0.686. The maximum Gasteiger partial charge on any atom is 0.128 e. The van der Waals surface area contributed by atoms with E-state index in [2.05, 4.69) is 39.5 Å². The summed E-state index contributed by atoms with van der Waals surface area (Å²) in [6, 6.07) is 4.33. The van der Waals surface area contributed by atoms with Crippen molar-refractivity contribution >= 4 is 16.7 Å². The van der Waals surface area contributed by atoms with Crippen molar-refractivity contribution in [1.82, 2.24) is 0 Å². The molecular weight excluding hydrogens is 216 g/mol. The molecule has 16 heavy (non-hydrogen) atoms. The Morgan fingerprint density at radius 1 is 1.25 bits per heavy atom. The first-order valence-corrected chi connectivity index (χ1v) is 6.23. The highest BCUT2D eigenvalue weighted by molar-refractivity contribution is 8.10. The van der Waals surface area contributed by atoms with Crippen LogP contribution in [0.25, 0.3) is 4.91 Å². The molecule has 0 unspecified atom stereocenters. The summed E-state index contributed by atoms with van der Waals surface area (Å²) in [5.74, 6) is 0.998. The van der Waals surface area contributed by atoms with Crippen molar-refractivity contribution in [3.05, 3.63) is 46.4 Å². The zero-order chi connectivity index (χ0) is 11.7. The molecule has 0 saturated carbocycles. The van der Waals surface area contributed by atoms with Gasteiger partial charge in [0.15, 0.2) is 0 Å². The molecule has 1 heterocycles. The zero-order valence-corrected chi connectivity index (χ0v) is 10.8. The Morgan fingerprint density at radius 3 is 2.62 bits per heavy atom. The van der Waals surface area contributed by atoms with Crippen LogP contribution in [0.15, 0.2) is 29.7 Å². The quantitative estimate of drug-likeness (QED) is 0.751. The van der Waals surface area contributed by atoms with E-state index in [-0.39, 0.29) is 0 Å². The Bertz CT molecular complexity index is 472. The molecule has 0 radical (unpaired) electrons. The number of ether oxygens (including phenoxy) is 1. The molecular formula is C14H16OS. The van der Waals surface area contributed by atoms with Gasteiger partial charge in [0.2, 0.25) is 0 Å². The van der Waals surface area contributed by atoms with Crippen molar-refractivity contribution < 1.29 is 4.74 Å². The molecule has 0 bridgehead atoms. The second kappa shape index (κ2) is 4.38. The van der Waals surface area contributed by atoms with Gasteiger partial charge in [-0.3, -0.25) is 0 Å². The van der Waals surface area contributed by atoms with E-state index in [1.807, 2.05) is 5.41 Å². The third-order valence-corrected chi connectivity index (χ3v) is 3.84. The van der Waals surface area contributed by atoms with Crippen LogP contribution in [0.4, 0.5) is 0 Å². The third-order valence-electron chi connectivity index (χ3n) is 2.87. The van der Waals surface area contributed by atoms with Gasteiger partial charge in [-0.2, -0.15) is 0 Å². The van der Waals surface area contributed by atoms with Gasteiger partial charge in [-0.25, -0.2) is 0 Å². The van der Waals surface area contributed by atoms with Gasteiger partial charge in [0.25, 0.3) is 0 Å². The van der Waals surface area contributed by atoms with Gasteiger partial charge < -0.3 is 4.74 Å². The lowest BCUT2D eigenvalue weighted by Crippen LogP contribution is -2.08. The van der Waals surface area contributed by atoms with Crippen molar-refractivity contribution in [2.45, 2.75) is 20.8 Å². The topological polar surface area (TPSA) is 9.23 Å². The molecule has 0 atom stereocenters. The molecule has 0 spiro atoms. The van der Waals surface area contributed by atoms with E-state index < -0.39 is 0 Å². The standard InChI is InChI=1S/C14H16OS/c1-5-16-14-11(4)8-15-13-7-10(3)9(2)6-12(13)14/h5-7H,1,8H2,2-4H3. The number of rotatable bonds is 2. The summed E-state index contributed by atoms with van der Waals surface area (Å²) in [6.07, 6.45) is 0. The van der Waals surface area contributed by atoms with E-state index in [0.29, 0.717) is 6.61 Å². The Balaban J connectivity index is 2.57. The Labute approximate surface area is 101 Å². The van der Waals surface area contributed by atoms with E-state index in [1.54, 1.807) is 11.8 Å². The number of thioether (sulfide) groups is 1. The summed E-state index contributed by atoms with van der Waals surface area (Å²) in [4.78, 5) is 1.29. The molecule has 0 saturated heterocycles. The average Bonchev–Trinajstić information content (AvgIpc) is 2.25. The minimum absolute atomic E-state index is 0.686. The number of benzene rings is 1. The molecule has 84 valence electrons. The molecule has 0 aromatic heterocycles. The third kappa shape index (κ3) is 1.90. The van der Waals surface area contributed by atoms with E-state index in [0.717, 1.165) is 5.75 Å². The maximum atomic E-state index is 5.74. The van der Waals surface area contributed by atoms with Crippen LogP contribution < -0.4 is 4.74 Å². The predicted molar refractivity (Wildman–Crippen MR) is 71.8 cm³/mol. The molecule has 0 N–H and O–H groups in total. The van der Waals surface area contributed by atoms with Gasteiger partial charge in [0, 0.05) is 10.5 Å². The second-order valence-corrected chi connectivity index (χ2v) is 5.09. The van der Waals surface area contributed by atoms with Crippen LogP contribution >= 0.6 is 11.8 Å². The van der Waals surface area contributed by atoms with Crippen molar-refractivity contribution in [2.24, 2.45) is 0 Å². The van der Waals surface area contributed by atoms with Crippen molar-refractivity contribution in [3.8, 4) is 5.75 Å². The number of aryl methyl sites for hydroxylation is 2. The minimum Gasteiger partial charge on any atom is -0.489 e. The predicted octanol–water partition coefficient (Wildman–Crippen LogP) is 4.30. The Kier molecular flexibility index (Phi) is 3.10. The van der Waals surface area contributed by atoms with E-state index in [9.17, 15) is 0 Å². The molecule has 1 aromatic carbocycles. The SMILES string of the molecule is C=CSC1=C(C)COc2cc(C)c(C)cc21. The first-order valence-electron chi connectivity index (χ1n) is 5.35. The van der Waals surface area contributed by atoms with Gasteiger partial charge in [-0.15, -0.1) is 0 Å². The van der Waals surface area contributed by atoms with Crippen LogP contribution in [-0.4, -0.2) is 6.61 Å².